The van der Waals surface area contributed by atoms with Gasteiger partial charge >= 0.3 is 5.97 Å². The van der Waals surface area contributed by atoms with Gasteiger partial charge in [0, 0.05) is 54.0 Å². The lowest BCUT2D eigenvalue weighted by Crippen LogP contribution is -2.44. The van der Waals surface area contributed by atoms with Gasteiger partial charge in [-0.2, -0.15) is 5.06 Å². The van der Waals surface area contributed by atoms with Crippen LogP contribution in [0.15, 0.2) is 118 Å². The lowest BCUT2D eigenvalue weighted by atomic mass is 9.81. The molecule has 0 aromatic heterocycles. The summed E-state index contributed by atoms with van der Waals surface area (Å²) >= 11 is 5.68. The molecule has 2 aliphatic heterocycles. The van der Waals surface area contributed by atoms with Crippen molar-refractivity contribution in [3.05, 3.63) is 131 Å². The van der Waals surface area contributed by atoms with E-state index >= 15 is 0 Å². The third-order valence-electron chi connectivity index (χ3n) is 10.1. The minimum Gasteiger partial charge on any atom is -0.508 e. The molecule has 1 saturated heterocycles. The molecule has 1 aliphatic carbocycles. The summed E-state index contributed by atoms with van der Waals surface area (Å²) in [6.07, 6.45) is 1.87. The number of anilines is 1. The quantitative estimate of drug-likeness (QED) is 0.0608. The highest BCUT2D eigenvalue weighted by molar-refractivity contribution is 7.80. The Morgan fingerprint density at radius 3 is 2.42 bits per heavy atom. The molecule has 2 atom stereocenters. The van der Waals surface area contributed by atoms with Gasteiger partial charge in [0.2, 0.25) is 0 Å². The Hall–Kier alpha value is -5.59. The predicted octanol–water partition coefficient (Wildman–Crippen LogP) is 8.30. The van der Waals surface area contributed by atoms with E-state index in [9.17, 15) is 24.9 Å². The molecule has 0 amide bonds. The zero-order valence-electron chi connectivity index (χ0n) is 30.6. The molecule has 0 saturated carbocycles. The van der Waals surface area contributed by atoms with Gasteiger partial charge < -0.3 is 30.4 Å². The summed E-state index contributed by atoms with van der Waals surface area (Å²) in [5, 5.41) is 40.0. The maximum absolute atomic E-state index is 12.7. The van der Waals surface area contributed by atoms with Gasteiger partial charge in [-0.05, 0) is 96.1 Å². The summed E-state index contributed by atoms with van der Waals surface area (Å²) in [7, 11) is 0. The van der Waals surface area contributed by atoms with Crippen molar-refractivity contribution >= 4 is 40.0 Å². The number of nitrogens with zero attached hydrogens (tertiary/aromatic N) is 1. The second-order valence-corrected chi connectivity index (χ2v) is 15.0. The van der Waals surface area contributed by atoms with Gasteiger partial charge in [0.1, 0.15) is 17.1 Å². The van der Waals surface area contributed by atoms with E-state index in [0.29, 0.717) is 70.3 Å². The molecule has 0 unspecified atom stereocenters. The minimum absolute atomic E-state index is 0.00918. The molecule has 5 N–H and O–H groups in total. The van der Waals surface area contributed by atoms with Crippen molar-refractivity contribution in [1.29, 1.82) is 0 Å². The van der Waals surface area contributed by atoms with E-state index in [0.717, 1.165) is 23.1 Å². The highest BCUT2D eigenvalue weighted by Gasteiger charge is 2.46. The number of hydroxylamine groups is 2. The summed E-state index contributed by atoms with van der Waals surface area (Å²) in [4.78, 5) is 31.5. The van der Waals surface area contributed by atoms with Crippen molar-refractivity contribution in [2.45, 2.75) is 51.3 Å². The lowest BCUT2D eigenvalue weighted by molar-refractivity contribution is -0.200. The van der Waals surface area contributed by atoms with E-state index in [1.54, 1.807) is 24.3 Å². The van der Waals surface area contributed by atoms with Gasteiger partial charge in [-0.3, -0.25) is 9.63 Å². The topological polar surface area (TPSA) is 144 Å². The van der Waals surface area contributed by atoms with Crippen molar-refractivity contribution in [2.75, 3.05) is 18.5 Å². The van der Waals surface area contributed by atoms with Crippen molar-refractivity contribution in [1.82, 2.24) is 10.4 Å². The number of hydrogen-bond donors (Lipinski definition) is 5. The third-order valence-corrected chi connectivity index (χ3v) is 10.4. The van der Waals surface area contributed by atoms with Crippen molar-refractivity contribution in [3.63, 3.8) is 0 Å². The van der Waals surface area contributed by atoms with Crippen LogP contribution in [0.5, 0.6) is 5.75 Å². The van der Waals surface area contributed by atoms with Crippen LogP contribution >= 0.6 is 12.2 Å². The van der Waals surface area contributed by atoms with Gasteiger partial charge in [-0.15, -0.1) is 0 Å². The monoisotopic (exact) mass is 757 g/mol. The standard InChI is InChI=1S/C44H43N3O7S/c1-27(2)23-44(18-19-48)24-34(54-47(44)26-28-8-10-30(11-9-28)29-6-4-3-5-7-29)25-45-43(55)46-31-12-15-35(38(20-31)42(51)52)41-36-16-13-32(49)21-39(36)53-40-22-33(50)14-17-37(40)41/h3-17,20-22,27,34,48-49H,18-19,23-26H2,1-2H3,(H,51,52)(H2,45,46,55)/t34-,44-/m1/s1. The number of aromatic hydroxyl groups is 1. The summed E-state index contributed by atoms with van der Waals surface area (Å²) in [6.45, 7) is 5.35. The average Bonchev–Trinajstić information content (AvgIpc) is 3.48. The lowest BCUT2D eigenvalue weighted by Gasteiger charge is -2.37. The normalized spacial score (nSPS) is 17.2. The van der Waals surface area contributed by atoms with E-state index in [1.807, 2.05) is 23.3 Å². The van der Waals surface area contributed by atoms with Crippen LogP contribution in [0, 0.1) is 5.92 Å². The van der Waals surface area contributed by atoms with Crippen LogP contribution in [0.1, 0.15) is 49.0 Å². The Morgan fingerprint density at radius 2 is 1.69 bits per heavy atom. The molecule has 4 aromatic rings. The predicted molar refractivity (Wildman–Crippen MR) is 218 cm³/mol. The number of hydrogen-bond acceptors (Lipinski definition) is 8. The SMILES string of the molecule is CC(C)C[C@]1(CCO)C[C@H](CNC(=S)Nc2ccc(-c3c4ccc(=O)cc-4oc4cc(O)ccc34)c(C(=O)O)c2)ON1Cc1ccc(-c2ccccc2)cc1. The Morgan fingerprint density at radius 1 is 0.945 bits per heavy atom. The average molecular weight is 758 g/mol. The van der Waals surface area contributed by atoms with Crippen LogP contribution in [-0.4, -0.2) is 56.3 Å². The zero-order chi connectivity index (χ0) is 38.7. The van der Waals surface area contributed by atoms with Crippen LogP contribution in [0.2, 0.25) is 0 Å². The van der Waals surface area contributed by atoms with E-state index < -0.39 is 5.97 Å². The van der Waals surface area contributed by atoms with E-state index in [1.165, 1.54) is 30.3 Å². The zero-order valence-corrected chi connectivity index (χ0v) is 31.4. The number of benzene rings is 5. The van der Waals surface area contributed by atoms with Crippen molar-refractivity contribution in [3.8, 4) is 39.3 Å². The van der Waals surface area contributed by atoms with Gasteiger partial charge in [-0.25, -0.2) is 4.79 Å². The number of nitrogens with one attached hydrogen (secondary N) is 2. The van der Waals surface area contributed by atoms with Crippen LogP contribution in [0.25, 0.3) is 44.5 Å². The van der Waals surface area contributed by atoms with Crippen LogP contribution in [-0.2, 0) is 11.4 Å². The van der Waals surface area contributed by atoms with Crippen LogP contribution < -0.4 is 16.1 Å². The Labute approximate surface area is 324 Å². The second kappa shape index (κ2) is 16.0. The first-order valence-corrected chi connectivity index (χ1v) is 18.7. The molecule has 3 aliphatic rings. The van der Waals surface area contributed by atoms with E-state index in [4.69, 9.17) is 21.5 Å². The Kier molecular flexibility index (Phi) is 11.0. The molecule has 7 rings (SSSR count). The molecular formula is C44H43N3O7S. The minimum atomic E-state index is -1.15. The molecule has 0 spiro atoms. The largest absolute Gasteiger partial charge is 0.508 e. The first kappa shape index (κ1) is 37.7. The van der Waals surface area contributed by atoms with Gasteiger partial charge in [0.25, 0.3) is 0 Å². The number of carbonyl (C=O) groups is 1. The second-order valence-electron chi connectivity index (χ2n) is 14.5. The number of carboxylic acids is 1. The molecule has 0 bridgehead atoms. The first-order valence-electron chi connectivity index (χ1n) is 18.3. The molecule has 55 heavy (non-hydrogen) atoms. The fourth-order valence-electron chi connectivity index (χ4n) is 7.80. The maximum atomic E-state index is 12.7. The summed E-state index contributed by atoms with van der Waals surface area (Å²) < 4.78 is 5.95. The number of rotatable bonds is 12. The number of aliphatic hydroxyl groups is 1. The molecule has 1 fully saturated rings. The molecule has 0 radical (unpaired) electrons. The van der Waals surface area contributed by atoms with Gasteiger partial charge in [0.05, 0.1) is 17.2 Å². The van der Waals surface area contributed by atoms with Crippen LogP contribution in [0.4, 0.5) is 5.69 Å². The van der Waals surface area contributed by atoms with Gasteiger partial charge in [-0.1, -0.05) is 74.5 Å². The van der Waals surface area contributed by atoms with Crippen molar-refractivity contribution in [2.24, 2.45) is 5.92 Å². The first-order chi connectivity index (χ1) is 26.5. The molecule has 282 valence electrons. The summed E-state index contributed by atoms with van der Waals surface area (Å²) in [5.41, 5.74) is 5.08. The summed E-state index contributed by atoms with van der Waals surface area (Å²) in [5.74, 6) is -0.535. The third kappa shape index (κ3) is 8.25. The molecular weight excluding hydrogens is 715 g/mol. The number of phenols is 1. The number of thiocarbonyl (C=S) groups is 1. The van der Waals surface area contributed by atoms with E-state index in [2.05, 4.69) is 60.9 Å². The van der Waals surface area contributed by atoms with Crippen LogP contribution in [0.3, 0.4) is 0 Å². The Bertz CT molecular complexity index is 2360. The molecule has 4 aromatic carbocycles. The molecule has 2 heterocycles. The number of phenolic OH excluding ortho intramolecular Hbond substituents is 1. The maximum Gasteiger partial charge on any atom is 0.336 e. The number of fused-ring (bicyclic) bond motifs is 2. The van der Waals surface area contributed by atoms with Crippen molar-refractivity contribution < 1.29 is 29.4 Å². The molecule has 10 nitrogen and oxygen atoms in total. The van der Waals surface area contributed by atoms with E-state index in [-0.39, 0.29) is 40.8 Å². The Balaban J connectivity index is 1.08. The number of carboxylic acid groups (broad SMARTS) is 1. The highest BCUT2D eigenvalue weighted by atomic mass is 32.1. The number of aliphatic hydroxyl groups excluding tert-OH is 1. The highest BCUT2D eigenvalue weighted by Crippen LogP contribution is 2.43. The fraction of sp³-hybridized carbons (Fsp3) is 0.250. The molecule has 11 heteroatoms. The number of aromatic carboxylic acids is 1. The smallest absolute Gasteiger partial charge is 0.336 e. The summed E-state index contributed by atoms with van der Waals surface area (Å²) in [6, 6.07) is 32.7. The fourth-order valence-corrected chi connectivity index (χ4v) is 8.00. The van der Waals surface area contributed by atoms with Gasteiger partial charge in [0.15, 0.2) is 10.5 Å².